The quantitative estimate of drug-likeness (QED) is 0.716. The Morgan fingerprint density at radius 3 is 2.81 bits per heavy atom. The Bertz CT molecular complexity index is 265. The van der Waals surface area contributed by atoms with Crippen LogP contribution in [0.1, 0.15) is 19.8 Å². The van der Waals surface area contributed by atoms with Crippen LogP contribution in [-0.4, -0.2) is 48.7 Å². The molecular weight excluding hydrogens is 210 g/mol. The highest BCUT2D eigenvalue weighted by Gasteiger charge is 2.29. The highest BCUT2D eigenvalue weighted by Crippen LogP contribution is 2.18. The molecule has 5 heteroatoms. The lowest BCUT2D eigenvalue weighted by molar-refractivity contribution is -0.151. The number of carboxylic acid groups (broad SMARTS) is 1. The third-order valence-corrected chi connectivity index (χ3v) is 2.97. The monoisotopic (exact) mass is 229 g/mol. The smallest absolute Gasteiger partial charge is 0.315 e. The summed E-state index contributed by atoms with van der Waals surface area (Å²) in [6.45, 7) is 3.34. The zero-order valence-corrected chi connectivity index (χ0v) is 9.81. The molecule has 5 nitrogen and oxygen atoms in total. The molecule has 0 aromatic carbocycles. The summed E-state index contributed by atoms with van der Waals surface area (Å²) >= 11 is 0. The van der Waals surface area contributed by atoms with E-state index in [0.29, 0.717) is 25.6 Å². The summed E-state index contributed by atoms with van der Waals surface area (Å²) in [5.41, 5.74) is 0. The highest BCUT2D eigenvalue weighted by atomic mass is 16.5. The summed E-state index contributed by atoms with van der Waals surface area (Å²) in [5.74, 6) is -1.95. The van der Waals surface area contributed by atoms with Crippen molar-refractivity contribution in [1.82, 2.24) is 4.90 Å². The van der Waals surface area contributed by atoms with Gasteiger partial charge in [0, 0.05) is 20.2 Å². The Balaban J connectivity index is 2.53. The molecule has 0 aliphatic carbocycles. The number of methoxy groups -OCH3 is 1. The highest BCUT2D eigenvalue weighted by molar-refractivity contribution is 5.96. The predicted molar refractivity (Wildman–Crippen MR) is 58.0 cm³/mol. The molecule has 1 amide bonds. The Labute approximate surface area is 95.4 Å². The molecule has 0 aromatic heterocycles. The number of carbonyl (C=O) groups excluding carboxylic acids is 1. The lowest BCUT2D eigenvalue weighted by atomic mass is 9.97. The van der Waals surface area contributed by atoms with E-state index in [-0.39, 0.29) is 5.91 Å². The van der Waals surface area contributed by atoms with Gasteiger partial charge in [-0.15, -0.1) is 0 Å². The third-order valence-electron chi connectivity index (χ3n) is 2.97. The second-order valence-electron chi connectivity index (χ2n) is 4.31. The zero-order chi connectivity index (χ0) is 12.1. The van der Waals surface area contributed by atoms with Gasteiger partial charge in [-0.05, 0) is 25.7 Å². The lowest BCUT2D eigenvalue weighted by Crippen LogP contribution is -2.45. The standard InChI is InChI=1S/C11H19NO4/c1-8(11(14)15)10(13)12-5-3-4-9(6-12)7-16-2/h8-9H,3-7H2,1-2H3,(H,14,15). The van der Waals surface area contributed by atoms with Crippen LogP contribution in [0.25, 0.3) is 0 Å². The molecule has 0 aromatic rings. The number of likely N-dealkylation sites (tertiary alicyclic amines) is 1. The minimum absolute atomic E-state index is 0.284. The van der Waals surface area contributed by atoms with Gasteiger partial charge in [-0.3, -0.25) is 9.59 Å². The molecule has 0 spiro atoms. The van der Waals surface area contributed by atoms with Gasteiger partial charge in [0.1, 0.15) is 5.92 Å². The summed E-state index contributed by atoms with van der Waals surface area (Å²) in [4.78, 5) is 24.2. The van der Waals surface area contributed by atoms with E-state index in [2.05, 4.69) is 0 Å². The zero-order valence-electron chi connectivity index (χ0n) is 9.81. The van der Waals surface area contributed by atoms with E-state index in [1.165, 1.54) is 6.92 Å². The Hall–Kier alpha value is -1.10. The molecule has 0 saturated carbocycles. The summed E-state index contributed by atoms with van der Waals surface area (Å²) in [6.07, 6.45) is 1.96. The lowest BCUT2D eigenvalue weighted by Gasteiger charge is -2.33. The first-order chi connectivity index (χ1) is 7.56. The summed E-state index contributed by atoms with van der Waals surface area (Å²) in [5, 5.41) is 8.78. The first kappa shape index (κ1) is 13.0. The van der Waals surface area contributed by atoms with E-state index < -0.39 is 11.9 Å². The van der Waals surface area contributed by atoms with Gasteiger partial charge in [0.15, 0.2) is 0 Å². The fourth-order valence-corrected chi connectivity index (χ4v) is 2.02. The van der Waals surface area contributed by atoms with E-state index >= 15 is 0 Å². The molecule has 1 heterocycles. The van der Waals surface area contributed by atoms with E-state index in [0.717, 1.165) is 12.8 Å². The van der Waals surface area contributed by atoms with E-state index in [1.54, 1.807) is 12.0 Å². The number of carbonyl (C=O) groups is 2. The van der Waals surface area contributed by atoms with Crippen LogP contribution in [0.2, 0.25) is 0 Å². The van der Waals surface area contributed by atoms with Crippen molar-refractivity contribution < 1.29 is 19.4 Å². The Morgan fingerprint density at radius 2 is 2.25 bits per heavy atom. The molecule has 1 fully saturated rings. The van der Waals surface area contributed by atoms with Gasteiger partial charge in [-0.2, -0.15) is 0 Å². The van der Waals surface area contributed by atoms with Crippen LogP contribution in [0.5, 0.6) is 0 Å². The van der Waals surface area contributed by atoms with Crippen LogP contribution in [0.4, 0.5) is 0 Å². The van der Waals surface area contributed by atoms with Crippen LogP contribution >= 0.6 is 0 Å². The molecule has 1 rings (SSSR count). The van der Waals surface area contributed by atoms with Crippen LogP contribution in [0.15, 0.2) is 0 Å². The van der Waals surface area contributed by atoms with Crippen molar-refractivity contribution in [2.24, 2.45) is 11.8 Å². The van der Waals surface area contributed by atoms with Gasteiger partial charge in [-0.1, -0.05) is 0 Å². The van der Waals surface area contributed by atoms with Crippen molar-refractivity contribution in [1.29, 1.82) is 0 Å². The number of nitrogens with zero attached hydrogens (tertiary/aromatic N) is 1. The second-order valence-corrected chi connectivity index (χ2v) is 4.31. The summed E-state index contributed by atoms with van der Waals surface area (Å²) < 4.78 is 5.06. The number of carboxylic acids is 1. The van der Waals surface area contributed by atoms with Gasteiger partial charge in [0.2, 0.25) is 5.91 Å². The van der Waals surface area contributed by atoms with E-state index in [1.807, 2.05) is 0 Å². The topological polar surface area (TPSA) is 66.8 Å². The molecule has 0 bridgehead atoms. The van der Waals surface area contributed by atoms with E-state index in [9.17, 15) is 9.59 Å². The van der Waals surface area contributed by atoms with Gasteiger partial charge in [0.25, 0.3) is 0 Å². The molecule has 1 saturated heterocycles. The first-order valence-corrected chi connectivity index (χ1v) is 5.56. The van der Waals surface area contributed by atoms with Crippen molar-refractivity contribution >= 4 is 11.9 Å². The molecule has 1 N–H and O–H groups in total. The average molecular weight is 229 g/mol. The minimum Gasteiger partial charge on any atom is -0.481 e. The van der Waals surface area contributed by atoms with Crippen LogP contribution in [-0.2, 0) is 14.3 Å². The SMILES string of the molecule is COCC1CCCN(C(=O)C(C)C(=O)O)C1. The fourth-order valence-electron chi connectivity index (χ4n) is 2.02. The largest absolute Gasteiger partial charge is 0.481 e. The Morgan fingerprint density at radius 1 is 1.56 bits per heavy atom. The predicted octanol–water partition coefficient (Wildman–Crippen LogP) is 0.592. The number of hydrogen-bond donors (Lipinski definition) is 1. The number of hydrogen-bond acceptors (Lipinski definition) is 3. The molecule has 2 unspecified atom stereocenters. The van der Waals surface area contributed by atoms with Crippen molar-refractivity contribution in [2.45, 2.75) is 19.8 Å². The molecule has 1 aliphatic heterocycles. The van der Waals surface area contributed by atoms with Gasteiger partial charge in [0.05, 0.1) is 6.61 Å². The molecule has 0 radical (unpaired) electrons. The second kappa shape index (κ2) is 5.84. The third kappa shape index (κ3) is 3.20. The first-order valence-electron chi connectivity index (χ1n) is 5.56. The number of aliphatic carboxylic acids is 1. The van der Waals surface area contributed by atoms with Crippen molar-refractivity contribution in [3.63, 3.8) is 0 Å². The maximum atomic E-state index is 11.8. The number of piperidine rings is 1. The molecular formula is C11H19NO4. The van der Waals surface area contributed by atoms with Gasteiger partial charge >= 0.3 is 5.97 Å². The van der Waals surface area contributed by atoms with Gasteiger partial charge in [-0.25, -0.2) is 0 Å². The fraction of sp³-hybridized carbons (Fsp3) is 0.818. The van der Waals surface area contributed by atoms with Crippen LogP contribution in [0, 0.1) is 11.8 Å². The van der Waals surface area contributed by atoms with Crippen LogP contribution in [0.3, 0.4) is 0 Å². The number of amides is 1. The maximum Gasteiger partial charge on any atom is 0.315 e. The maximum absolute atomic E-state index is 11.8. The normalized spacial score (nSPS) is 22.9. The number of rotatable bonds is 4. The molecule has 2 atom stereocenters. The average Bonchev–Trinajstić information content (AvgIpc) is 2.28. The number of ether oxygens (including phenoxy) is 1. The summed E-state index contributed by atoms with van der Waals surface area (Å²) in [7, 11) is 1.64. The minimum atomic E-state index is -1.06. The molecule has 1 aliphatic rings. The summed E-state index contributed by atoms with van der Waals surface area (Å²) in [6, 6.07) is 0. The van der Waals surface area contributed by atoms with Crippen molar-refractivity contribution in [2.75, 3.05) is 26.8 Å². The van der Waals surface area contributed by atoms with Crippen molar-refractivity contribution in [3.05, 3.63) is 0 Å². The van der Waals surface area contributed by atoms with E-state index in [4.69, 9.17) is 9.84 Å². The van der Waals surface area contributed by atoms with Crippen LogP contribution < -0.4 is 0 Å². The molecule has 92 valence electrons. The van der Waals surface area contributed by atoms with Crippen molar-refractivity contribution in [3.8, 4) is 0 Å². The van der Waals surface area contributed by atoms with Gasteiger partial charge < -0.3 is 14.7 Å². The molecule has 16 heavy (non-hydrogen) atoms. The Kier molecular flexibility index (Phi) is 4.73.